The van der Waals surface area contributed by atoms with Gasteiger partial charge in [-0.15, -0.1) is 0 Å². The van der Waals surface area contributed by atoms with E-state index in [1.54, 1.807) is 24.3 Å². The minimum Gasteiger partial charge on any atom is -0.372 e. The lowest BCUT2D eigenvalue weighted by Crippen LogP contribution is -2.45. The molecule has 0 radical (unpaired) electrons. The van der Waals surface area contributed by atoms with Crippen LogP contribution in [0.1, 0.15) is 25.0 Å². The van der Waals surface area contributed by atoms with E-state index in [4.69, 9.17) is 4.74 Å². The lowest BCUT2D eigenvalue weighted by atomic mass is 10.2. The Morgan fingerprint density at radius 3 is 2.53 bits per heavy atom. The first kappa shape index (κ1) is 21.8. The largest absolute Gasteiger partial charge is 0.372 e. The molecule has 0 aliphatic carbocycles. The van der Waals surface area contributed by atoms with Crippen molar-refractivity contribution in [1.82, 2.24) is 19.7 Å². The van der Waals surface area contributed by atoms with Crippen LogP contribution in [0.2, 0.25) is 0 Å². The molecule has 1 fully saturated rings. The molecule has 2 amide bonds. The Kier molecular flexibility index (Phi) is 6.70. The van der Waals surface area contributed by atoms with Crippen LogP contribution >= 0.6 is 0 Å². The van der Waals surface area contributed by atoms with Gasteiger partial charge in [-0.3, -0.25) is 4.68 Å². The lowest BCUT2D eigenvalue weighted by molar-refractivity contribution is -0.00545. The Morgan fingerprint density at radius 1 is 1.09 bits per heavy atom. The maximum Gasteiger partial charge on any atom is 0.321 e. The number of anilines is 2. The molecule has 1 aliphatic rings. The number of ether oxygens (including phenoxy) is 1. The zero-order valence-electron chi connectivity index (χ0n) is 18.8. The lowest BCUT2D eigenvalue weighted by Gasteiger charge is -2.36. The molecular formula is C24H30N6O2. The molecule has 32 heavy (non-hydrogen) atoms. The molecule has 2 unspecified atom stereocenters. The summed E-state index contributed by atoms with van der Waals surface area (Å²) in [6.45, 7) is 6.93. The van der Waals surface area contributed by atoms with Crippen LogP contribution in [0, 0.1) is 0 Å². The van der Waals surface area contributed by atoms with Gasteiger partial charge in [0.1, 0.15) is 5.82 Å². The minimum absolute atomic E-state index is 0.172. The van der Waals surface area contributed by atoms with Gasteiger partial charge in [0.15, 0.2) is 0 Å². The highest BCUT2D eigenvalue weighted by Gasteiger charge is 2.23. The normalized spacial score (nSPS) is 18.4. The third-order valence-corrected chi connectivity index (χ3v) is 5.38. The van der Waals surface area contributed by atoms with Crippen molar-refractivity contribution in [2.75, 3.05) is 30.4 Å². The number of carbonyl (C=O) groups is 1. The highest BCUT2D eigenvalue weighted by Crippen LogP contribution is 2.20. The van der Waals surface area contributed by atoms with Gasteiger partial charge in [-0.05, 0) is 31.5 Å². The third-order valence-electron chi connectivity index (χ3n) is 5.38. The van der Waals surface area contributed by atoms with Crippen LogP contribution in [0.3, 0.4) is 0 Å². The van der Waals surface area contributed by atoms with Crippen molar-refractivity contribution in [1.29, 1.82) is 0 Å². The van der Waals surface area contributed by atoms with Crippen molar-refractivity contribution < 1.29 is 9.53 Å². The van der Waals surface area contributed by atoms with E-state index in [2.05, 4.69) is 46.3 Å². The molecule has 1 aromatic carbocycles. The number of pyridine rings is 1. The second kappa shape index (κ2) is 9.82. The Hall–Kier alpha value is -3.39. The van der Waals surface area contributed by atoms with Gasteiger partial charge in [0.05, 0.1) is 43.4 Å². The van der Waals surface area contributed by atoms with Gasteiger partial charge in [-0.2, -0.15) is 5.10 Å². The smallest absolute Gasteiger partial charge is 0.321 e. The van der Waals surface area contributed by atoms with Gasteiger partial charge in [-0.1, -0.05) is 30.3 Å². The Bertz CT molecular complexity index is 1010. The summed E-state index contributed by atoms with van der Waals surface area (Å²) in [6, 6.07) is 13.8. The molecule has 0 bridgehead atoms. The third kappa shape index (κ3) is 5.64. The van der Waals surface area contributed by atoms with Crippen LogP contribution < -0.4 is 10.2 Å². The van der Waals surface area contributed by atoms with Gasteiger partial charge in [-0.25, -0.2) is 9.78 Å². The average molecular weight is 435 g/mol. The van der Waals surface area contributed by atoms with Crippen molar-refractivity contribution in [2.45, 2.75) is 39.1 Å². The van der Waals surface area contributed by atoms with Gasteiger partial charge >= 0.3 is 6.03 Å². The molecule has 8 heteroatoms. The van der Waals surface area contributed by atoms with Crippen LogP contribution in [0.4, 0.5) is 16.3 Å². The summed E-state index contributed by atoms with van der Waals surface area (Å²) >= 11 is 0. The number of benzene rings is 1. The zero-order valence-corrected chi connectivity index (χ0v) is 18.8. The predicted octanol–water partition coefficient (Wildman–Crippen LogP) is 3.60. The molecule has 1 aliphatic heterocycles. The summed E-state index contributed by atoms with van der Waals surface area (Å²) in [5, 5.41) is 7.32. The quantitative estimate of drug-likeness (QED) is 0.642. The average Bonchev–Trinajstić information content (AvgIpc) is 3.21. The Balaban J connectivity index is 1.30. The monoisotopic (exact) mass is 434 g/mol. The SMILES string of the molecule is CC1CN(c2ccc(NC(=O)N(C)Cc3cnn(Cc4ccccc4)c3)cn2)CC(C)O1. The first-order chi connectivity index (χ1) is 15.5. The van der Waals surface area contributed by atoms with Crippen LogP contribution in [0.5, 0.6) is 0 Å². The molecule has 3 heterocycles. The highest BCUT2D eigenvalue weighted by atomic mass is 16.5. The summed E-state index contributed by atoms with van der Waals surface area (Å²) in [5.41, 5.74) is 2.83. The predicted molar refractivity (Wildman–Crippen MR) is 125 cm³/mol. The topological polar surface area (TPSA) is 75.5 Å². The number of nitrogens with zero attached hydrogens (tertiary/aromatic N) is 5. The van der Waals surface area contributed by atoms with Crippen LogP contribution in [-0.4, -0.2) is 58.0 Å². The van der Waals surface area contributed by atoms with Gasteiger partial charge in [0.25, 0.3) is 0 Å². The van der Waals surface area contributed by atoms with Crippen molar-refractivity contribution >= 4 is 17.5 Å². The van der Waals surface area contributed by atoms with Crippen LogP contribution in [-0.2, 0) is 17.8 Å². The van der Waals surface area contributed by atoms with Gasteiger partial charge in [0, 0.05) is 31.9 Å². The van der Waals surface area contributed by atoms with Crippen molar-refractivity contribution in [3.05, 3.63) is 72.2 Å². The molecule has 168 valence electrons. The molecule has 1 N–H and O–H groups in total. The first-order valence-electron chi connectivity index (χ1n) is 10.9. The molecule has 4 rings (SSSR count). The number of nitrogens with one attached hydrogen (secondary N) is 1. The molecule has 0 spiro atoms. The fourth-order valence-electron chi connectivity index (χ4n) is 3.92. The van der Waals surface area contributed by atoms with Crippen molar-refractivity contribution in [2.24, 2.45) is 0 Å². The summed E-state index contributed by atoms with van der Waals surface area (Å²) in [4.78, 5) is 21.0. The number of amides is 2. The van der Waals surface area contributed by atoms with E-state index in [0.29, 0.717) is 18.8 Å². The van der Waals surface area contributed by atoms with Crippen LogP contribution in [0.25, 0.3) is 0 Å². The Labute approximate surface area is 188 Å². The summed E-state index contributed by atoms with van der Waals surface area (Å²) < 4.78 is 7.66. The van der Waals surface area contributed by atoms with E-state index in [-0.39, 0.29) is 18.2 Å². The minimum atomic E-state index is -0.191. The van der Waals surface area contributed by atoms with Crippen molar-refractivity contribution in [3.63, 3.8) is 0 Å². The number of hydrogen-bond donors (Lipinski definition) is 1. The summed E-state index contributed by atoms with van der Waals surface area (Å²) in [6.07, 6.45) is 5.81. The number of urea groups is 1. The summed E-state index contributed by atoms with van der Waals surface area (Å²) in [5.74, 6) is 0.893. The molecular weight excluding hydrogens is 404 g/mol. The highest BCUT2D eigenvalue weighted by molar-refractivity contribution is 5.89. The zero-order chi connectivity index (χ0) is 22.5. The molecule has 1 saturated heterocycles. The number of carbonyl (C=O) groups excluding carboxylic acids is 1. The molecule has 0 saturated carbocycles. The van der Waals surface area contributed by atoms with E-state index < -0.39 is 0 Å². The number of morpholine rings is 1. The van der Waals surface area contributed by atoms with E-state index in [9.17, 15) is 4.79 Å². The van der Waals surface area contributed by atoms with Gasteiger partial charge in [0.2, 0.25) is 0 Å². The molecule has 2 aromatic heterocycles. The summed E-state index contributed by atoms with van der Waals surface area (Å²) in [7, 11) is 1.77. The number of hydrogen-bond acceptors (Lipinski definition) is 5. The molecule has 2 atom stereocenters. The molecule has 8 nitrogen and oxygen atoms in total. The maximum atomic E-state index is 12.6. The standard InChI is InChI=1S/C24H30N6O2/c1-18-13-29(14-19(2)32-18)23-10-9-22(12-25-23)27-24(31)28(3)15-21-11-26-30(17-21)16-20-7-5-4-6-8-20/h4-12,17-19H,13-16H2,1-3H3,(H,27,31). The van der Waals surface area contributed by atoms with E-state index in [1.165, 1.54) is 5.56 Å². The fraction of sp³-hybridized carbons (Fsp3) is 0.375. The fourth-order valence-corrected chi connectivity index (χ4v) is 3.92. The molecule has 3 aromatic rings. The van der Waals surface area contributed by atoms with Crippen LogP contribution in [0.15, 0.2) is 61.1 Å². The Morgan fingerprint density at radius 2 is 1.84 bits per heavy atom. The van der Waals surface area contributed by atoms with E-state index >= 15 is 0 Å². The first-order valence-corrected chi connectivity index (χ1v) is 10.9. The number of rotatable bonds is 6. The van der Waals surface area contributed by atoms with E-state index in [1.807, 2.05) is 41.2 Å². The van der Waals surface area contributed by atoms with Gasteiger partial charge < -0.3 is 19.9 Å². The maximum absolute atomic E-state index is 12.6. The second-order valence-corrected chi connectivity index (χ2v) is 8.39. The van der Waals surface area contributed by atoms with Crippen molar-refractivity contribution in [3.8, 4) is 0 Å². The number of aromatic nitrogens is 3. The van der Waals surface area contributed by atoms with E-state index in [0.717, 1.165) is 24.5 Å². The second-order valence-electron chi connectivity index (χ2n) is 8.39.